The van der Waals surface area contributed by atoms with E-state index in [1.165, 1.54) is 12.1 Å². The summed E-state index contributed by atoms with van der Waals surface area (Å²) in [6, 6.07) is 9.70. The third-order valence-electron chi connectivity index (χ3n) is 4.34. The van der Waals surface area contributed by atoms with Gasteiger partial charge in [-0.05, 0) is 43.3 Å². The van der Waals surface area contributed by atoms with Gasteiger partial charge in [-0.25, -0.2) is 23.9 Å². The molecule has 0 radical (unpaired) electrons. The molecule has 0 spiro atoms. The lowest BCUT2D eigenvalue weighted by molar-refractivity contribution is 0.241. The molecule has 0 unspecified atom stereocenters. The Kier molecular flexibility index (Phi) is 4.45. The van der Waals surface area contributed by atoms with Gasteiger partial charge in [0.15, 0.2) is 0 Å². The Labute approximate surface area is 155 Å². The first-order chi connectivity index (χ1) is 13.2. The molecule has 0 aliphatic carbocycles. The Morgan fingerprint density at radius 1 is 1.19 bits per heavy atom. The second kappa shape index (κ2) is 7.06. The molecule has 0 bridgehead atoms. The second-order valence-corrected chi connectivity index (χ2v) is 6.07. The molecule has 0 atom stereocenters. The molecule has 8 heteroatoms. The number of fused-ring (bicyclic) bond motifs is 1. The SMILES string of the molecule is CCNC(=O)N1CCNc2nc(-c3ccc(F)cc3)c(-c3ccncc3)n21. The van der Waals surface area contributed by atoms with E-state index in [-0.39, 0.29) is 11.8 Å². The third kappa shape index (κ3) is 3.10. The maximum Gasteiger partial charge on any atom is 0.336 e. The summed E-state index contributed by atoms with van der Waals surface area (Å²) in [5.74, 6) is 0.258. The van der Waals surface area contributed by atoms with Gasteiger partial charge in [0.2, 0.25) is 5.95 Å². The number of carbonyl (C=O) groups excluding carboxylic acids is 1. The molecule has 138 valence electrons. The van der Waals surface area contributed by atoms with Crippen molar-refractivity contribution < 1.29 is 9.18 Å². The van der Waals surface area contributed by atoms with Crippen LogP contribution in [0, 0.1) is 5.82 Å². The zero-order chi connectivity index (χ0) is 18.8. The average Bonchev–Trinajstić information content (AvgIpc) is 3.09. The van der Waals surface area contributed by atoms with Crippen molar-refractivity contribution in [1.29, 1.82) is 0 Å². The van der Waals surface area contributed by atoms with Crippen molar-refractivity contribution in [1.82, 2.24) is 20.0 Å². The molecule has 1 aliphatic heterocycles. The van der Waals surface area contributed by atoms with Crippen molar-refractivity contribution in [2.75, 3.05) is 30.0 Å². The zero-order valence-electron chi connectivity index (χ0n) is 14.8. The van der Waals surface area contributed by atoms with Crippen molar-refractivity contribution in [2.24, 2.45) is 0 Å². The Morgan fingerprint density at radius 2 is 1.93 bits per heavy atom. The van der Waals surface area contributed by atoms with E-state index in [0.29, 0.717) is 31.3 Å². The van der Waals surface area contributed by atoms with Gasteiger partial charge in [0.1, 0.15) is 17.2 Å². The van der Waals surface area contributed by atoms with Gasteiger partial charge in [-0.3, -0.25) is 4.98 Å². The van der Waals surface area contributed by atoms with Crippen LogP contribution < -0.4 is 15.6 Å². The fourth-order valence-electron chi connectivity index (χ4n) is 3.15. The monoisotopic (exact) mass is 366 g/mol. The summed E-state index contributed by atoms with van der Waals surface area (Å²) in [4.78, 5) is 21.4. The molecular weight excluding hydrogens is 347 g/mol. The van der Waals surface area contributed by atoms with E-state index < -0.39 is 0 Å². The summed E-state index contributed by atoms with van der Waals surface area (Å²) in [6.07, 6.45) is 3.38. The standard InChI is InChI=1S/C19H19FN6O/c1-2-22-19(27)25-12-11-23-18-24-16(13-3-5-15(20)6-4-13)17(26(18)25)14-7-9-21-10-8-14/h3-10H,2,11-12H2,1H3,(H,22,27)(H,23,24). The van der Waals surface area contributed by atoms with Crippen LogP contribution in [0.4, 0.5) is 15.1 Å². The Hall–Kier alpha value is -3.42. The maximum absolute atomic E-state index is 13.4. The van der Waals surface area contributed by atoms with E-state index >= 15 is 0 Å². The lowest BCUT2D eigenvalue weighted by atomic mass is 10.1. The number of anilines is 1. The molecule has 1 aromatic carbocycles. The number of nitrogens with zero attached hydrogens (tertiary/aromatic N) is 4. The Morgan fingerprint density at radius 3 is 2.63 bits per heavy atom. The normalized spacial score (nSPS) is 13.0. The number of benzene rings is 1. The van der Waals surface area contributed by atoms with E-state index in [0.717, 1.165) is 16.8 Å². The molecule has 1 aliphatic rings. The number of imidazole rings is 1. The summed E-state index contributed by atoms with van der Waals surface area (Å²) in [7, 11) is 0. The number of pyridine rings is 1. The molecule has 7 nitrogen and oxygen atoms in total. The van der Waals surface area contributed by atoms with Gasteiger partial charge in [0.25, 0.3) is 0 Å². The first-order valence-electron chi connectivity index (χ1n) is 8.77. The number of amides is 2. The van der Waals surface area contributed by atoms with Crippen LogP contribution in [0.3, 0.4) is 0 Å². The van der Waals surface area contributed by atoms with Crippen LogP contribution in [-0.4, -0.2) is 40.3 Å². The minimum atomic E-state index is -0.310. The van der Waals surface area contributed by atoms with Crippen molar-refractivity contribution in [3.05, 3.63) is 54.6 Å². The van der Waals surface area contributed by atoms with Crippen LogP contribution in [-0.2, 0) is 0 Å². The molecule has 27 heavy (non-hydrogen) atoms. The maximum atomic E-state index is 13.4. The van der Waals surface area contributed by atoms with Crippen LogP contribution in [0.25, 0.3) is 22.5 Å². The highest BCUT2D eigenvalue weighted by molar-refractivity contribution is 5.89. The van der Waals surface area contributed by atoms with E-state index in [1.54, 1.807) is 34.2 Å². The number of carbonyl (C=O) groups is 1. The topological polar surface area (TPSA) is 75.1 Å². The second-order valence-electron chi connectivity index (χ2n) is 6.07. The Balaban J connectivity index is 1.93. The first-order valence-corrected chi connectivity index (χ1v) is 8.77. The summed E-state index contributed by atoms with van der Waals surface area (Å²) < 4.78 is 15.2. The predicted octanol–water partition coefficient (Wildman–Crippen LogP) is 2.84. The summed E-state index contributed by atoms with van der Waals surface area (Å²) in [6.45, 7) is 3.49. The first kappa shape index (κ1) is 17.0. The fraction of sp³-hybridized carbons (Fsp3) is 0.211. The summed E-state index contributed by atoms with van der Waals surface area (Å²) in [5, 5.41) is 7.71. The van der Waals surface area contributed by atoms with Gasteiger partial charge in [-0.15, -0.1) is 0 Å². The van der Waals surface area contributed by atoms with Crippen LogP contribution >= 0.6 is 0 Å². The van der Waals surface area contributed by atoms with Crippen LogP contribution in [0.2, 0.25) is 0 Å². The average molecular weight is 366 g/mol. The molecule has 2 N–H and O–H groups in total. The summed E-state index contributed by atoms with van der Waals surface area (Å²) >= 11 is 0. The van der Waals surface area contributed by atoms with E-state index in [4.69, 9.17) is 4.98 Å². The highest BCUT2D eigenvalue weighted by Crippen LogP contribution is 2.35. The number of urea groups is 1. The molecule has 0 saturated carbocycles. The minimum absolute atomic E-state index is 0.196. The highest BCUT2D eigenvalue weighted by Gasteiger charge is 2.29. The number of rotatable bonds is 3. The smallest absolute Gasteiger partial charge is 0.336 e. The molecule has 2 aromatic heterocycles. The van der Waals surface area contributed by atoms with E-state index in [1.807, 2.05) is 19.1 Å². The number of nitrogens with one attached hydrogen (secondary N) is 2. The lowest BCUT2D eigenvalue weighted by Crippen LogP contribution is -2.52. The minimum Gasteiger partial charge on any atom is -0.352 e. The van der Waals surface area contributed by atoms with Crippen LogP contribution in [0.5, 0.6) is 0 Å². The van der Waals surface area contributed by atoms with Gasteiger partial charge in [-0.2, -0.15) is 0 Å². The number of hydrogen-bond acceptors (Lipinski definition) is 4. The Bertz CT molecular complexity index is 954. The molecule has 0 fully saturated rings. The van der Waals surface area contributed by atoms with E-state index in [9.17, 15) is 9.18 Å². The molecular formula is C19H19FN6O. The van der Waals surface area contributed by atoms with Gasteiger partial charge in [0.05, 0.1) is 6.54 Å². The van der Waals surface area contributed by atoms with Gasteiger partial charge in [-0.1, -0.05) is 0 Å². The zero-order valence-corrected chi connectivity index (χ0v) is 14.8. The molecule has 0 saturated heterocycles. The van der Waals surface area contributed by atoms with Crippen LogP contribution in [0.15, 0.2) is 48.8 Å². The van der Waals surface area contributed by atoms with Crippen molar-refractivity contribution >= 4 is 12.0 Å². The number of halogens is 1. The van der Waals surface area contributed by atoms with Gasteiger partial charge < -0.3 is 10.6 Å². The van der Waals surface area contributed by atoms with Crippen molar-refractivity contribution in [3.8, 4) is 22.5 Å². The summed E-state index contributed by atoms with van der Waals surface area (Å²) in [5.41, 5.74) is 3.04. The molecule has 3 aromatic rings. The quantitative estimate of drug-likeness (QED) is 0.747. The molecule has 4 rings (SSSR count). The predicted molar refractivity (Wildman–Crippen MR) is 101 cm³/mol. The van der Waals surface area contributed by atoms with Gasteiger partial charge in [0, 0.05) is 36.6 Å². The highest BCUT2D eigenvalue weighted by atomic mass is 19.1. The molecule has 3 heterocycles. The number of aromatic nitrogens is 3. The van der Waals surface area contributed by atoms with Crippen LogP contribution in [0.1, 0.15) is 6.92 Å². The lowest BCUT2D eigenvalue weighted by Gasteiger charge is -2.31. The largest absolute Gasteiger partial charge is 0.352 e. The fourth-order valence-corrected chi connectivity index (χ4v) is 3.15. The van der Waals surface area contributed by atoms with Gasteiger partial charge >= 0.3 is 6.03 Å². The van der Waals surface area contributed by atoms with E-state index in [2.05, 4.69) is 15.6 Å². The van der Waals surface area contributed by atoms with Crippen molar-refractivity contribution in [2.45, 2.75) is 6.92 Å². The molecule has 2 amide bonds. The third-order valence-corrected chi connectivity index (χ3v) is 4.34. The van der Waals surface area contributed by atoms with Crippen molar-refractivity contribution in [3.63, 3.8) is 0 Å². The number of hydrogen-bond donors (Lipinski definition) is 2.